The zero-order valence-corrected chi connectivity index (χ0v) is 21.2. The van der Waals surface area contributed by atoms with E-state index in [9.17, 15) is 9.59 Å². The molecule has 1 fully saturated rings. The van der Waals surface area contributed by atoms with Crippen LogP contribution < -0.4 is 4.90 Å². The van der Waals surface area contributed by atoms with Gasteiger partial charge in [-0.15, -0.1) is 0 Å². The number of anilines is 1. The van der Waals surface area contributed by atoms with Gasteiger partial charge in [0.25, 0.3) is 0 Å². The number of ketones is 2. The molecule has 1 saturated carbocycles. The van der Waals surface area contributed by atoms with Crippen LogP contribution in [0.2, 0.25) is 0 Å². The Hall–Kier alpha value is -2.95. The maximum Gasteiger partial charge on any atom is 0.163 e. The van der Waals surface area contributed by atoms with E-state index in [2.05, 4.69) is 36.1 Å². The van der Waals surface area contributed by atoms with Crippen LogP contribution in [0.15, 0.2) is 47.8 Å². The fourth-order valence-electron chi connectivity index (χ4n) is 5.59. The average molecular weight is 460 g/mol. The topological polar surface area (TPSA) is 55.2 Å². The summed E-state index contributed by atoms with van der Waals surface area (Å²) in [4.78, 5) is 28.5. The largest absolute Gasteiger partial charge is 0.371 e. The van der Waals surface area contributed by atoms with Crippen molar-refractivity contribution in [2.24, 2.45) is 13.0 Å². The number of allylic oxidation sites excluding steroid dienone is 4. The van der Waals surface area contributed by atoms with E-state index in [1.807, 2.05) is 39.4 Å². The van der Waals surface area contributed by atoms with Gasteiger partial charge in [0.05, 0.1) is 6.20 Å². The Morgan fingerprint density at radius 2 is 1.82 bits per heavy atom. The molecule has 5 heteroatoms. The highest BCUT2D eigenvalue weighted by Crippen LogP contribution is 2.35. The van der Waals surface area contributed by atoms with Crippen molar-refractivity contribution in [2.45, 2.75) is 71.8 Å². The van der Waals surface area contributed by atoms with Crippen molar-refractivity contribution in [1.29, 1.82) is 0 Å². The number of nitrogens with zero attached hydrogens (tertiary/aromatic N) is 3. The lowest BCUT2D eigenvalue weighted by Crippen LogP contribution is -2.34. The molecule has 0 bridgehead atoms. The van der Waals surface area contributed by atoms with Crippen molar-refractivity contribution in [2.75, 3.05) is 11.9 Å². The molecule has 1 heterocycles. The predicted octanol–water partition coefficient (Wildman–Crippen LogP) is 6.22. The standard InChI is InChI=1S/C29H37N3O2/c1-19-13-20(2)25(29(34)14-19)11-12-28(33)26-15-22(23-17-30-31(4)18-23)16-27(21(26)3)32(5)24-9-7-6-8-10-24/h13-18,24-25H,6-12H2,1-5H3. The van der Waals surface area contributed by atoms with Gasteiger partial charge in [-0.25, -0.2) is 0 Å². The van der Waals surface area contributed by atoms with Gasteiger partial charge in [-0.3, -0.25) is 14.3 Å². The number of hydrogen-bond acceptors (Lipinski definition) is 4. The van der Waals surface area contributed by atoms with Gasteiger partial charge in [0.15, 0.2) is 11.6 Å². The Balaban J connectivity index is 1.64. The van der Waals surface area contributed by atoms with Crippen LogP contribution in [-0.4, -0.2) is 34.4 Å². The van der Waals surface area contributed by atoms with E-state index in [4.69, 9.17) is 0 Å². The summed E-state index contributed by atoms with van der Waals surface area (Å²) in [6, 6.07) is 4.73. The van der Waals surface area contributed by atoms with Gasteiger partial charge >= 0.3 is 0 Å². The van der Waals surface area contributed by atoms with Crippen molar-refractivity contribution in [3.8, 4) is 11.1 Å². The molecule has 4 rings (SSSR count). The molecule has 1 aromatic heterocycles. The number of carbonyl (C=O) groups is 2. The Morgan fingerprint density at radius 3 is 2.47 bits per heavy atom. The Morgan fingerprint density at radius 1 is 1.09 bits per heavy atom. The maximum absolute atomic E-state index is 13.5. The zero-order chi connectivity index (χ0) is 24.4. The number of aryl methyl sites for hydroxylation is 1. The second-order valence-corrected chi connectivity index (χ2v) is 10.2. The first-order valence-electron chi connectivity index (χ1n) is 12.5. The van der Waals surface area contributed by atoms with E-state index in [0.717, 1.165) is 39.1 Å². The van der Waals surface area contributed by atoms with Crippen molar-refractivity contribution >= 4 is 17.3 Å². The molecule has 1 aromatic carbocycles. The predicted molar refractivity (Wildman–Crippen MR) is 138 cm³/mol. The normalized spacial score (nSPS) is 19.1. The van der Waals surface area contributed by atoms with E-state index in [1.165, 1.54) is 32.1 Å². The summed E-state index contributed by atoms with van der Waals surface area (Å²) >= 11 is 0. The highest BCUT2D eigenvalue weighted by Gasteiger charge is 2.26. The highest BCUT2D eigenvalue weighted by atomic mass is 16.1. The lowest BCUT2D eigenvalue weighted by molar-refractivity contribution is -0.117. The number of Topliss-reactive ketones (excluding diaryl/α,β-unsaturated/α-hetero) is 1. The lowest BCUT2D eigenvalue weighted by atomic mass is 9.84. The number of aromatic nitrogens is 2. The first kappa shape index (κ1) is 24.2. The van der Waals surface area contributed by atoms with Gasteiger partial charge in [0, 0.05) is 55.5 Å². The Bertz CT molecular complexity index is 1150. The third-order valence-electron chi connectivity index (χ3n) is 7.60. The monoisotopic (exact) mass is 459 g/mol. The van der Waals surface area contributed by atoms with Crippen LogP contribution >= 0.6 is 0 Å². The number of carbonyl (C=O) groups excluding carboxylic acids is 2. The zero-order valence-electron chi connectivity index (χ0n) is 21.2. The summed E-state index contributed by atoms with van der Waals surface area (Å²) in [7, 11) is 4.08. The first-order valence-corrected chi connectivity index (χ1v) is 12.5. The molecule has 34 heavy (non-hydrogen) atoms. The Labute approximate surface area is 203 Å². The molecule has 0 spiro atoms. The van der Waals surface area contributed by atoms with E-state index >= 15 is 0 Å². The summed E-state index contributed by atoms with van der Waals surface area (Å²) in [6.45, 7) is 6.01. The molecular weight excluding hydrogens is 422 g/mol. The fraction of sp³-hybridized carbons (Fsp3) is 0.483. The molecule has 2 aliphatic carbocycles. The molecule has 1 unspecified atom stereocenters. The minimum atomic E-state index is -0.196. The van der Waals surface area contributed by atoms with Crippen molar-refractivity contribution in [1.82, 2.24) is 9.78 Å². The van der Waals surface area contributed by atoms with Crippen LogP contribution in [0, 0.1) is 12.8 Å². The minimum Gasteiger partial charge on any atom is -0.371 e. The molecule has 0 amide bonds. The first-order chi connectivity index (χ1) is 16.2. The summed E-state index contributed by atoms with van der Waals surface area (Å²) < 4.78 is 1.79. The minimum absolute atomic E-state index is 0.105. The molecule has 2 aliphatic rings. The third kappa shape index (κ3) is 5.08. The molecule has 180 valence electrons. The fourth-order valence-corrected chi connectivity index (χ4v) is 5.59. The molecule has 0 aliphatic heterocycles. The molecule has 0 N–H and O–H groups in total. The highest BCUT2D eigenvalue weighted by molar-refractivity contribution is 6.01. The second-order valence-electron chi connectivity index (χ2n) is 10.2. The smallest absolute Gasteiger partial charge is 0.163 e. The molecule has 5 nitrogen and oxygen atoms in total. The summed E-state index contributed by atoms with van der Waals surface area (Å²) in [6.07, 6.45) is 14.7. The van der Waals surface area contributed by atoms with Gasteiger partial charge in [0.2, 0.25) is 0 Å². The van der Waals surface area contributed by atoms with Gasteiger partial charge in [-0.05, 0) is 74.9 Å². The molecule has 0 saturated heterocycles. The van der Waals surface area contributed by atoms with Crippen molar-refractivity contribution in [3.63, 3.8) is 0 Å². The molecule has 1 atom stereocenters. The van der Waals surface area contributed by atoms with Gasteiger partial charge in [-0.2, -0.15) is 5.10 Å². The quantitative estimate of drug-likeness (QED) is 0.461. The second kappa shape index (κ2) is 10.1. The summed E-state index contributed by atoms with van der Waals surface area (Å²) in [5.41, 5.74) is 6.98. The Kier molecular flexibility index (Phi) is 7.20. The van der Waals surface area contributed by atoms with E-state index in [1.54, 1.807) is 10.8 Å². The summed E-state index contributed by atoms with van der Waals surface area (Å²) in [5.74, 6) is 0.0242. The van der Waals surface area contributed by atoms with Gasteiger partial charge in [0.1, 0.15) is 0 Å². The van der Waals surface area contributed by atoms with Crippen molar-refractivity contribution < 1.29 is 9.59 Å². The third-order valence-corrected chi connectivity index (χ3v) is 7.60. The molecule has 2 aromatic rings. The summed E-state index contributed by atoms with van der Waals surface area (Å²) in [5, 5.41) is 4.34. The van der Waals surface area contributed by atoms with E-state index < -0.39 is 0 Å². The lowest BCUT2D eigenvalue weighted by Gasteiger charge is -2.34. The SMILES string of the molecule is CC1=CC(=O)C(CCC(=O)c2cc(-c3cnn(C)c3)cc(N(C)C3CCCCC3)c2C)C(C)=C1. The maximum atomic E-state index is 13.5. The van der Waals surface area contributed by atoms with Gasteiger partial charge < -0.3 is 4.90 Å². The van der Waals surface area contributed by atoms with E-state index in [-0.39, 0.29) is 17.5 Å². The van der Waals surface area contributed by atoms with Crippen LogP contribution in [0.5, 0.6) is 0 Å². The molecular formula is C29H37N3O2. The van der Waals surface area contributed by atoms with Crippen LogP contribution in [0.3, 0.4) is 0 Å². The van der Waals surface area contributed by atoms with Gasteiger partial charge in [-0.1, -0.05) is 30.9 Å². The average Bonchev–Trinajstić information content (AvgIpc) is 3.24. The van der Waals surface area contributed by atoms with Crippen molar-refractivity contribution in [3.05, 3.63) is 59.0 Å². The number of rotatable bonds is 7. The van der Waals surface area contributed by atoms with Crippen LogP contribution in [-0.2, 0) is 11.8 Å². The number of benzene rings is 1. The van der Waals surface area contributed by atoms with Crippen LogP contribution in [0.1, 0.15) is 74.7 Å². The van der Waals surface area contributed by atoms with Crippen LogP contribution in [0.25, 0.3) is 11.1 Å². The van der Waals surface area contributed by atoms with Crippen LogP contribution in [0.4, 0.5) is 5.69 Å². The number of hydrogen-bond donors (Lipinski definition) is 0. The van der Waals surface area contributed by atoms with E-state index in [0.29, 0.717) is 18.9 Å². The molecule has 0 radical (unpaired) electrons.